The minimum atomic E-state index is -0.371. The molecule has 1 N–H and O–H groups in total. The molecule has 0 bridgehead atoms. The molecule has 0 aliphatic heterocycles. The Balaban J connectivity index is 2.24. The third-order valence-corrected chi connectivity index (χ3v) is 2.73. The van der Waals surface area contributed by atoms with Gasteiger partial charge in [-0.3, -0.25) is 0 Å². The summed E-state index contributed by atoms with van der Waals surface area (Å²) in [5.41, 5.74) is 1.60. The molecule has 0 fully saturated rings. The van der Waals surface area contributed by atoms with E-state index < -0.39 is 0 Å². The van der Waals surface area contributed by atoms with E-state index >= 15 is 0 Å². The van der Waals surface area contributed by atoms with Crippen LogP contribution in [0.2, 0.25) is 0 Å². The van der Waals surface area contributed by atoms with E-state index in [0.717, 1.165) is 16.9 Å². The zero-order valence-electron chi connectivity index (χ0n) is 11.3. The van der Waals surface area contributed by atoms with Gasteiger partial charge in [0.25, 0.3) is 0 Å². The zero-order valence-corrected chi connectivity index (χ0v) is 11.3. The third kappa shape index (κ3) is 3.71. The van der Waals surface area contributed by atoms with Crippen molar-refractivity contribution in [2.75, 3.05) is 19.8 Å². The first kappa shape index (κ1) is 14.3. The lowest BCUT2D eigenvalue weighted by molar-refractivity contribution is 0.201. The Hall–Kier alpha value is -2.07. The fraction of sp³-hybridized carbons (Fsp3) is 0.250. The van der Waals surface area contributed by atoms with Gasteiger partial charge in [0, 0.05) is 6.07 Å². The van der Waals surface area contributed by atoms with Gasteiger partial charge in [-0.1, -0.05) is 12.1 Å². The Labute approximate surface area is 117 Å². The Morgan fingerprint density at radius 1 is 0.950 bits per heavy atom. The maximum Gasteiger partial charge on any atom is 0.127 e. The lowest BCUT2D eigenvalue weighted by Crippen LogP contribution is -2.01. The van der Waals surface area contributed by atoms with Crippen molar-refractivity contribution in [3.8, 4) is 22.6 Å². The molecule has 0 aliphatic rings. The van der Waals surface area contributed by atoms with E-state index in [2.05, 4.69) is 0 Å². The van der Waals surface area contributed by atoms with Crippen molar-refractivity contribution in [2.24, 2.45) is 0 Å². The first-order valence-electron chi connectivity index (χ1n) is 6.50. The average molecular weight is 276 g/mol. The predicted octanol–water partition coefficient (Wildman–Crippen LogP) is 3.26. The molecule has 2 aromatic rings. The second-order valence-electron chi connectivity index (χ2n) is 4.21. The molecule has 0 atom stereocenters. The lowest BCUT2D eigenvalue weighted by Gasteiger charge is -2.09. The average Bonchev–Trinajstić information content (AvgIpc) is 2.46. The van der Waals surface area contributed by atoms with Crippen LogP contribution in [0.3, 0.4) is 0 Å². The number of rotatable bonds is 6. The second-order valence-corrected chi connectivity index (χ2v) is 4.21. The van der Waals surface area contributed by atoms with Gasteiger partial charge in [-0.15, -0.1) is 0 Å². The highest BCUT2D eigenvalue weighted by Crippen LogP contribution is 2.27. The molecule has 4 heteroatoms. The maximum absolute atomic E-state index is 13.6. The van der Waals surface area contributed by atoms with Crippen molar-refractivity contribution in [3.63, 3.8) is 0 Å². The van der Waals surface area contributed by atoms with Gasteiger partial charge < -0.3 is 14.6 Å². The van der Waals surface area contributed by atoms with Crippen molar-refractivity contribution in [3.05, 3.63) is 48.3 Å². The number of aliphatic hydroxyl groups excluding tert-OH is 1. The van der Waals surface area contributed by atoms with Crippen molar-refractivity contribution < 1.29 is 19.0 Å². The smallest absolute Gasteiger partial charge is 0.127 e. The molecule has 0 aromatic heterocycles. The van der Waals surface area contributed by atoms with Gasteiger partial charge in [-0.25, -0.2) is 4.39 Å². The molecular formula is C16H17FO3. The van der Waals surface area contributed by atoms with E-state index in [1.165, 1.54) is 12.1 Å². The number of halogens is 1. The summed E-state index contributed by atoms with van der Waals surface area (Å²) in [7, 11) is 0. The molecule has 0 heterocycles. The fourth-order valence-corrected chi connectivity index (χ4v) is 1.89. The van der Waals surface area contributed by atoms with Gasteiger partial charge >= 0.3 is 0 Å². The summed E-state index contributed by atoms with van der Waals surface area (Å²) in [5.74, 6) is 0.816. The summed E-state index contributed by atoms with van der Waals surface area (Å²) in [6.45, 7) is 2.57. The molecule has 2 aromatic carbocycles. The van der Waals surface area contributed by atoms with Gasteiger partial charge in [0.1, 0.15) is 23.9 Å². The van der Waals surface area contributed by atoms with E-state index in [-0.39, 0.29) is 19.0 Å². The van der Waals surface area contributed by atoms with Crippen molar-refractivity contribution in [2.45, 2.75) is 6.92 Å². The van der Waals surface area contributed by atoms with Gasteiger partial charge in [0.15, 0.2) is 0 Å². The van der Waals surface area contributed by atoms with Crippen molar-refractivity contribution >= 4 is 0 Å². The van der Waals surface area contributed by atoms with Crippen LogP contribution in [-0.2, 0) is 0 Å². The third-order valence-electron chi connectivity index (χ3n) is 2.73. The van der Waals surface area contributed by atoms with Crippen LogP contribution in [0.15, 0.2) is 42.5 Å². The summed E-state index contributed by atoms with van der Waals surface area (Å²) in [6, 6.07) is 11.9. The topological polar surface area (TPSA) is 38.7 Å². The number of aliphatic hydroxyl groups is 1. The first-order valence-corrected chi connectivity index (χ1v) is 6.50. The van der Waals surface area contributed by atoms with Crippen LogP contribution in [0.1, 0.15) is 6.92 Å². The maximum atomic E-state index is 13.6. The first-order chi connectivity index (χ1) is 9.72. The van der Waals surface area contributed by atoms with Crippen molar-refractivity contribution in [1.82, 2.24) is 0 Å². The SMILES string of the molecule is CCOc1ccc(-c2cc(F)cc(OCCO)c2)cc1. The summed E-state index contributed by atoms with van der Waals surface area (Å²) in [4.78, 5) is 0. The summed E-state index contributed by atoms with van der Waals surface area (Å²) < 4.78 is 24.2. The molecule has 106 valence electrons. The van der Waals surface area contributed by atoms with Crippen LogP contribution in [0.4, 0.5) is 4.39 Å². The van der Waals surface area contributed by atoms with Gasteiger partial charge in [0.05, 0.1) is 13.2 Å². The summed E-state index contributed by atoms with van der Waals surface area (Å²) in [6.07, 6.45) is 0. The monoisotopic (exact) mass is 276 g/mol. The molecule has 0 saturated carbocycles. The van der Waals surface area contributed by atoms with Gasteiger partial charge in [-0.2, -0.15) is 0 Å². The number of benzene rings is 2. The number of hydrogen-bond donors (Lipinski definition) is 1. The molecule has 3 nitrogen and oxygen atoms in total. The van der Waals surface area contributed by atoms with E-state index in [1.807, 2.05) is 31.2 Å². The quantitative estimate of drug-likeness (QED) is 0.880. The minimum absolute atomic E-state index is 0.102. The van der Waals surface area contributed by atoms with Gasteiger partial charge in [-0.05, 0) is 42.3 Å². The van der Waals surface area contributed by atoms with Crippen LogP contribution in [0.25, 0.3) is 11.1 Å². The van der Waals surface area contributed by atoms with Crippen LogP contribution in [0.5, 0.6) is 11.5 Å². The van der Waals surface area contributed by atoms with Crippen LogP contribution in [0, 0.1) is 5.82 Å². The molecule has 0 amide bonds. The highest BCUT2D eigenvalue weighted by Gasteiger charge is 2.05. The second kappa shape index (κ2) is 6.91. The van der Waals surface area contributed by atoms with E-state index in [1.54, 1.807) is 6.07 Å². The minimum Gasteiger partial charge on any atom is -0.494 e. The van der Waals surface area contributed by atoms with Crippen molar-refractivity contribution in [1.29, 1.82) is 0 Å². The molecule has 0 saturated heterocycles. The van der Waals surface area contributed by atoms with Crippen LogP contribution < -0.4 is 9.47 Å². The predicted molar refractivity (Wildman–Crippen MR) is 75.6 cm³/mol. The number of hydrogen-bond acceptors (Lipinski definition) is 3. The zero-order chi connectivity index (χ0) is 14.4. The largest absolute Gasteiger partial charge is 0.494 e. The van der Waals surface area contributed by atoms with Crippen LogP contribution in [-0.4, -0.2) is 24.9 Å². The Bertz CT molecular complexity index is 552. The molecule has 0 radical (unpaired) electrons. The molecule has 0 spiro atoms. The molecule has 0 unspecified atom stereocenters. The Morgan fingerprint density at radius 2 is 1.70 bits per heavy atom. The number of ether oxygens (including phenoxy) is 2. The molecule has 2 rings (SSSR count). The van der Waals surface area contributed by atoms with Gasteiger partial charge in [0.2, 0.25) is 0 Å². The van der Waals surface area contributed by atoms with E-state index in [0.29, 0.717) is 12.4 Å². The molecular weight excluding hydrogens is 259 g/mol. The summed E-state index contributed by atoms with van der Waals surface area (Å²) in [5, 5.41) is 8.73. The molecule has 20 heavy (non-hydrogen) atoms. The fourth-order valence-electron chi connectivity index (χ4n) is 1.89. The Morgan fingerprint density at radius 3 is 2.35 bits per heavy atom. The lowest BCUT2D eigenvalue weighted by atomic mass is 10.1. The normalized spacial score (nSPS) is 10.3. The standard InChI is InChI=1S/C16H17FO3/c1-2-19-15-5-3-12(4-6-15)13-9-14(17)11-16(10-13)20-8-7-18/h3-6,9-11,18H,2,7-8H2,1H3. The Kier molecular flexibility index (Phi) is 4.96. The highest BCUT2D eigenvalue weighted by molar-refractivity contribution is 5.66. The highest BCUT2D eigenvalue weighted by atomic mass is 19.1. The molecule has 0 aliphatic carbocycles. The summed E-state index contributed by atoms with van der Waals surface area (Å²) >= 11 is 0. The van der Waals surface area contributed by atoms with Crippen LogP contribution >= 0.6 is 0 Å². The van der Waals surface area contributed by atoms with E-state index in [9.17, 15) is 4.39 Å². The van der Waals surface area contributed by atoms with E-state index in [4.69, 9.17) is 14.6 Å².